The fourth-order valence-corrected chi connectivity index (χ4v) is 2.75. The molecule has 148 valence electrons. The number of amides is 2. The molecule has 29 heavy (non-hydrogen) atoms. The quantitative estimate of drug-likeness (QED) is 0.573. The predicted molar refractivity (Wildman–Crippen MR) is 107 cm³/mol. The number of benzene rings is 2. The molecule has 0 fully saturated rings. The zero-order valence-corrected chi connectivity index (χ0v) is 15.8. The van der Waals surface area contributed by atoms with Crippen LogP contribution in [0.5, 0.6) is 0 Å². The molecule has 0 unspecified atom stereocenters. The van der Waals surface area contributed by atoms with Gasteiger partial charge in [0, 0.05) is 5.69 Å². The molecule has 9 heteroatoms. The highest BCUT2D eigenvalue weighted by Gasteiger charge is 2.21. The Morgan fingerprint density at radius 1 is 1.07 bits per heavy atom. The summed E-state index contributed by atoms with van der Waals surface area (Å²) in [5.74, 6) is -2.85. The number of hydrogen-bond donors (Lipinski definition) is 3. The highest BCUT2D eigenvalue weighted by atomic mass is 35.5. The van der Waals surface area contributed by atoms with E-state index in [0.29, 0.717) is 11.3 Å². The van der Waals surface area contributed by atoms with Crippen LogP contribution in [0.4, 0.5) is 25.8 Å². The van der Waals surface area contributed by atoms with Gasteiger partial charge in [-0.25, -0.2) is 13.8 Å². The van der Waals surface area contributed by atoms with Gasteiger partial charge in [-0.15, -0.1) is 0 Å². The van der Waals surface area contributed by atoms with Gasteiger partial charge in [0.15, 0.2) is 5.82 Å². The number of anilines is 3. The average Bonchev–Trinajstić information content (AvgIpc) is 2.67. The minimum atomic E-state index is -0.921. The van der Waals surface area contributed by atoms with Crippen LogP contribution in [0.25, 0.3) is 0 Å². The summed E-state index contributed by atoms with van der Waals surface area (Å²) in [5, 5.41) is 5.18. The predicted octanol–water partition coefficient (Wildman–Crippen LogP) is 4.42. The third kappa shape index (κ3) is 4.49. The van der Waals surface area contributed by atoms with Crippen LogP contribution in [-0.4, -0.2) is 16.8 Å². The van der Waals surface area contributed by atoms with Gasteiger partial charge in [-0.1, -0.05) is 11.6 Å². The molecular weight excluding hydrogens is 402 g/mol. The van der Waals surface area contributed by atoms with Crippen LogP contribution in [0.2, 0.25) is 5.02 Å². The van der Waals surface area contributed by atoms with E-state index in [-0.39, 0.29) is 27.7 Å². The van der Waals surface area contributed by atoms with Crippen molar-refractivity contribution >= 4 is 40.5 Å². The van der Waals surface area contributed by atoms with E-state index in [2.05, 4.69) is 15.6 Å². The molecule has 2 aromatic carbocycles. The molecule has 0 spiro atoms. The van der Waals surface area contributed by atoms with E-state index in [9.17, 15) is 18.4 Å². The third-order valence-electron chi connectivity index (χ3n) is 4.05. The first-order valence-corrected chi connectivity index (χ1v) is 8.72. The summed E-state index contributed by atoms with van der Waals surface area (Å²) in [4.78, 5) is 27.6. The number of rotatable bonds is 5. The summed E-state index contributed by atoms with van der Waals surface area (Å²) in [6.07, 6.45) is 1.22. The lowest BCUT2D eigenvalue weighted by Crippen LogP contribution is -2.17. The minimum Gasteiger partial charge on any atom is -0.364 e. The average molecular weight is 417 g/mol. The van der Waals surface area contributed by atoms with Crippen molar-refractivity contribution in [3.8, 4) is 0 Å². The second-order valence-corrected chi connectivity index (χ2v) is 6.53. The van der Waals surface area contributed by atoms with Gasteiger partial charge >= 0.3 is 0 Å². The zero-order chi connectivity index (χ0) is 21.1. The van der Waals surface area contributed by atoms with Crippen LogP contribution < -0.4 is 16.4 Å². The monoisotopic (exact) mass is 416 g/mol. The molecule has 0 aliphatic heterocycles. The molecular formula is C20H15ClF2N4O2. The summed E-state index contributed by atoms with van der Waals surface area (Å²) in [6.45, 7) is 1.67. The van der Waals surface area contributed by atoms with Crippen LogP contribution in [0.15, 0.2) is 48.7 Å². The number of aromatic nitrogens is 1. The number of aryl methyl sites for hydroxylation is 1. The van der Waals surface area contributed by atoms with Crippen molar-refractivity contribution in [2.24, 2.45) is 5.73 Å². The number of primary amides is 1. The van der Waals surface area contributed by atoms with E-state index in [0.717, 1.165) is 0 Å². The highest BCUT2D eigenvalue weighted by Crippen LogP contribution is 2.30. The second kappa shape index (κ2) is 8.24. The van der Waals surface area contributed by atoms with Crippen molar-refractivity contribution in [1.82, 2.24) is 4.98 Å². The van der Waals surface area contributed by atoms with Crippen LogP contribution in [-0.2, 0) is 0 Å². The topological polar surface area (TPSA) is 97.1 Å². The number of carbonyl (C=O) groups excluding carboxylic acids is 2. The molecule has 0 saturated carbocycles. The number of nitrogens with two attached hydrogens (primary N) is 1. The lowest BCUT2D eigenvalue weighted by molar-refractivity contribution is 0.0994. The summed E-state index contributed by atoms with van der Waals surface area (Å²) in [5.41, 5.74) is 6.24. The SMILES string of the molecule is Cc1cc(F)ccc1Nc1ccc(Cl)c(F)c1C(=O)Nc1ccc(C(N)=O)nc1. The number of hydrogen-bond acceptors (Lipinski definition) is 4. The minimum absolute atomic E-state index is 0.0195. The molecule has 0 aliphatic carbocycles. The van der Waals surface area contributed by atoms with Gasteiger partial charge < -0.3 is 16.4 Å². The maximum atomic E-state index is 14.7. The van der Waals surface area contributed by atoms with E-state index in [4.69, 9.17) is 17.3 Å². The Hall–Kier alpha value is -3.52. The lowest BCUT2D eigenvalue weighted by Gasteiger charge is -2.15. The molecule has 0 radical (unpaired) electrons. The van der Waals surface area contributed by atoms with Gasteiger partial charge in [-0.05, 0) is 55.0 Å². The van der Waals surface area contributed by atoms with Crippen LogP contribution in [0.1, 0.15) is 26.4 Å². The molecule has 4 N–H and O–H groups in total. The Kier molecular flexibility index (Phi) is 5.74. The van der Waals surface area contributed by atoms with Crippen molar-refractivity contribution in [2.75, 3.05) is 10.6 Å². The van der Waals surface area contributed by atoms with Gasteiger partial charge in [0.1, 0.15) is 17.1 Å². The molecule has 3 rings (SSSR count). The van der Waals surface area contributed by atoms with E-state index in [1.54, 1.807) is 6.92 Å². The number of carbonyl (C=O) groups is 2. The molecule has 0 aliphatic rings. The molecule has 2 amide bonds. The van der Waals surface area contributed by atoms with Gasteiger partial charge in [0.2, 0.25) is 0 Å². The largest absolute Gasteiger partial charge is 0.364 e. The van der Waals surface area contributed by atoms with Crippen LogP contribution in [0.3, 0.4) is 0 Å². The number of nitrogens with one attached hydrogen (secondary N) is 2. The second-order valence-electron chi connectivity index (χ2n) is 6.12. The lowest BCUT2D eigenvalue weighted by atomic mass is 10.1. The summed E-state index contributed by atoms with van der Waals surface area (Å²) < 4.78 is 28.0. The Morgan fingerprint density at radius 2 is 1.79 bits per heavy atom. The van der Waals surface area contributed by atoms with E-state index in [1.165, 1.54) is 48.7 Å². The standard InChI is InChI=1S/C20H15ClF2N4O2/c1-10-8-11(22)2-5-14(10)27-15-7-4-13(21)18(23)17(15)20(29)26-12-3-6-16(19(24)28)25-9-12/h2-9,27H,1H3,(H2,24,28)(H,26,29). The molecule has 3 aromatic rings. The Morgan fingerprint density at radius 3 is 2.41 bits per heavy atom. The number of pyridine rings is 1. The van der Waals surface area contributed by atoms with Gasteiger partial charge in [-0.3, -0.25) is 9.59 Å². The smallest absolute Gasteiger partial charge is 0.267 e. The molecule has 1 aromatic heterocycles. The van der Waals surface area contributed by atoms with Gasteiger partial charge in [-0.2, -0.15) is 0 Å². The summed E-state index contributed by atoms with van der Waals surface area (Å²) >= 11 is 5.85. The van der Waals surface area contributed by atoms with E-state index >= 15 is 0 Å². The van der Waals surface area contributed by atoms with E-state index < -0.39 is 23.4 Å². The summed E-state index contributed by atoms with van der Waals surface area (Å²) in [6, 6.07) is 9.51. The molecule has 0 saturated heterocycles. The molecule has 1 heterocycles. The van der Waals surface area contributed by atoms with Crippen molar-refractivity contribution in [3.63, 3.8) is 0 Å². The maximum Gasteiger partial charge on any atom is 0.267 e. The van der Waals surface area contributed by atoms with Crippen molar-refractivity contribution in [3.05, 3.63) is 82.1 Å². The first kappa shape index (κ1) is 20.2. The zero-order valence-electron chi connectivity index (χ0n) is 15.1. The van der Waals surface area contributed by atoms with Crippen LogP contribution in [0, 0.1) is 18.6 Å². The number of nitrogens with zero attached hydrogens (tertiary/aromatic N) is 1. The third-order valence-corrected chi connectivity index (χ3v) is 4.35. The Bertz CT molecular complexity index is 1100. The van der Waals surface area contributed by atoms with Crippen molar-refractivity contribution in [2.45, 2.75) is 6.92 Å². The Labute approximate surface area is 169 Å². The van der Waals surface area contributed by atoms with Gasteiger partial charge in [0.25, 0.3) is 11.8 Å². The van der Waals surface area contributed by atoms with Crippen molar-refractivity contribution in [1.29, 1.82) is 0 Å². The molecule has 6 nitrogen and oxygen atoms in total. The fourth-order valence-electron chi connectivity index (χ4n) is 2.60. The Balaban J connectivity index is 1.93. The maximum absolute atomic E-state index is 14.7. The fraction of sp³-hybridized carbons (Fsp3) is 0.0500. The first-order chi connectivity index (χ1) is 13.8. The molecule has 0 atom stereocenters. The van der Waals surface area contributed by atoms with Crippen molar-refractivity contribution < 1.29 is 18.4 Å². The number of halogens is 3. The first-order valence-electron chi connectivity index (χ1n) is 8.34. The van der Waals surface area contributed by atoms with E-state index in [1.807, 2.05) is 0 Å². The normalized spacial score (nSPS) is 10.5. The molecule has 0 bridgehead atoms. The summed E-state index contributed by atoms with van der Waals surface area (Å²) in [7, 11) is 0. The van der Waals surface area contributed by atoms with Crippen LogP contribution >= 0.6 is 11.6 Å². The highest BCUT2D eigenvalue weighted by molar-refractivity contribution is 6.31. The van der Waals surface area contributed by atoms with Gasteiger partial charge in [0.05, 0.1) is 22.6 Å².